The standard InChI is InChI=1S/C81H123N11O16/c1-18-51(10)57-45-66(95)62(44-56-31-24-20-25-32-56)87(14)79(106)64(41-49(6)7)89(16)77(104)59(39-47(2)3)84-73(100)52(11)42-67(96)71(50(8)9)90(17)69(98)35-34-65(94)53(12)82-68(97)46-60(78(105)91-36-26-21-27-37-91)85-76(103)63(40-48(4)5)88(15)80(107)70(54(13)93)86-75(102)61-33-28-38-92(61)81(108)72(99)58(83-74(57)101)43-55-29-22-19-23-30-55/h19-20,22-25,29-32,47-54,57-64,70-71,93H,18,21,26-28,33-46H2,1-17H3,(H,82,97)(H,83,101)(H,84,100)(H,85,103)(H,86,102)/t51-,52+,53-,54+,57-,58-,59-,60-,61-,62-,63-,64-,70-,71-/m0/s1. The van der Waals surface area contributed by atoms with Gasteiger partial charge >= 0.3 is 0 Å². The van der Waals surface area contributed by atoms with Crippen LogP contribution in [-0.4, -0.2) is 237 Å². The Kier molecular flexibility index (Phi) is 35.2. The number of aliphatic hydroxyl groups is 1. The zero-order valence-electron chi connectivity index (χ0n) is 66.9. The van der Waals surface area contributed by atoms with E-state index in [9.17, 15) is 53.1 Å². The Morgan fingerprint density at radius 3 is 1.61 bits per heavy atom. The molecule has 0 unspecified atom stereocenters. The third kappa shape index (κ3) is 25.4. The number of carbonyl (C=O) groups is 15. The van der Waals surface area contributed by atoms with Crippen molar-refractivity contribution in [3.8, 4) is 0 Å². The van der Waals surface area contributed by atoms with Gasteiger partial charge in [0, 0.05) is 91.8 Å². The average Bonchev–Trinajstić information content (AvgIpc) is 1.68. The molecule has 3 aliphatic heterocycles. The van der Waals surface area contributed by atoms with E-state index >= 15 is 24.0 Å². The van der Waals surface area contributed by atoms with E-state index in [1.165, 1.54) is 68.6 Å². The van der Waals surface area contributed by atoms with Crippen LogP contribution in [0.1, 0.15) is 191 Å². The molecule has 598 valence electrons. The first kappa shape index (κ1) is 89.9. The molecule has 27 nitrogen and oxygen atoms in total. The fraction of sp³-hybridized carbons (Fsp3) is 0.667. The van der Waals surface area contributed by atoms with Crippen LogP contribution in [0.15, 0.2) is 60.7 Å². The van der Waals surface area contributed by atoms with Gasteiger partial charge in [-0.3, -0.25) is 71.9 Å². The molecular formula is C81H123N11O16. The first-order chi connectivity index (χ1) is 50.8. The summed E-state index contributed by atoms with van der Waals surface area (Å²) in [4.78, 5) is 228. The molecule has 27 heteroatoms. The molecule has 0 saturated carbocycles. The third-order valence-corrected chi connectivity index (χ3v) is 21.3. The summed E-state index contributed by atoms with van der Waals surface area (Å²) >= 11 is 0. The Morgan fingerprint density at radius 2 is 1.06 bits per heavy atom. The molecule has 3 fully saturated rings. The van der Waals surface area contributed by atoms with Crippen molar-refractivity contribution >= 4 is 88.1 Å². The second kappa shape index (κ2) is 42.3. The molecule has 5 rings (SSSR count). The van der Waals surface area contributed by atoms with Gasteiger partial charge in [-0.2, -0.15) is 0 Å². The van der Waals surface area contributed by atoms with Crippen molar-refractivity contribution in [3.05, 3.63) is 71.8 Å². The largest absolute Gasteiger partial charge is 0.391 e. The fourth-order valence-corrected chi connectivity index (χ4v) is 14.7. The molecule has 11 amide bonds. The number of hydrogen-bond acceptors (Lipinski definition) is 16. The van der Waals surface area contributed by atoms with Gasteiger partial charge in [-0.05, 0) is 112 Å². The zero-order valence-corrected chi connectivity index (χ0v) is 66.9. The van der Waals surface area contributed by atoms with Crippen molar-refractivity contribution in [2.24, 2.45) is 41.4 Å². The molecule has 0 aliphatic carbocycles. The maximum atomic E-state index is 15.4. The SMILES string of the molecule is CC[C@H](C)[C@@H]1CC(=O)[C@H](Cc2ccccc2)N(C)C(=O)[C@H](CC(C)C)N(C)C(=O)[C@H](CC(C)C)NC(=O)[C@H](C)CC(=O)[C@H](C(C)C)N(C)C(=O)CCC(=O)[C@H](C)NC(=O)C[C@@H](C(=O)N2CCCCC2)NC(=O)[C@H](CC(C)C)N(C)C(=O)[C@H]([C@@H](C)O)NC(=O)[C@@H]2CCCN2C(=O)C(=O)[C@H](Cc2ccccc2)NC1=O. The van der Waals surface area contributed by atoms with Gasteiger partial charge in [0.1, 0.15) is 42.3 Å². The number of carbonyl (C=O) groups excluding carboxylic acids is 15. The van der Waals surface area contributed by atoms with E-state index in [4.69, 9.17) is 0 Å². The van der Waals surface area contributed by atoms with Crippen LogP contribution < -0.4 is 26.6 Å². The zero-order chi connectivity index (χ0) is 80.7. The molecule has 3 aliphatic rings. The molecule has 0 bridgehead atoms. The third-order valence-electron chi connectivity index (χ3n) is 21.3. The van der Waals surface area contributed by atoms with Gasteiger partial charge in [-0.15, -0.1) is 0 Å². The molecule has 0 radical (unpaired) electrons. The van der Waals surface area contributed by atoms with Crippen molar-refractivity contribution < 1.29 is 77.0 Å². The van der Waals surface area contributed by atoms with Crippen LogP contribution in [0.2, 0.25) is 0 Å². The summed E-state index contributed by atoms with van der Waals surface area (Å²) in [5.74, 6) is -14.9. The number of Topliss-reactive ketones (excluding diaryl/α,β-unsaturated/α-hetero) is 4. The number of likely N-dealkylation sites (tertiary alicyclic amines) is 1. The smallest absolute Gasteiger partial charge is 0.292 e. The second-order valence-electron chi connectivity index (χ2n) is 31.9. The van der Waals surface area contributed by atoms with E-state index in [1.54, 1.807) is 95.3 Å². The number of aliphatic hydroxyl groups excluding tert-OH is 1. The van der Waals surface area contributed by atoms with Crippen LogP contribution >= 0.6 is 0 Å². The molecule has 0 spiro atoms. The number of nitrogens with zero attached hydrogens (tertiary/aromatic N) is 6. The average molecular weight is 1510 g/mol. The highest BCUT2D eigenvalue weighted by atomic mass is 16.3. The van der Waals surface area contributed by atoms with E-state index in [0.717, 1.165) is 16.2 Å². The van der Waals surface area contributed by atoms with Crippen LogP contribution in [0.5, 0.6) is 0 Å². The topological polar surface area (TPSA) is 356 Å². The van der Waals surface area contributed by atoms with Gasteiger partial charge in [0.2, 0.25) is 64.9 Å². The minimum Gasteiger partial charge on any atom is -0.391 e. The number of nitrogens with one attached hydrogen (secondary N) is 5. The fourth-order valence-electron chi connectivity index (χ4n) is 14.7. The van der Waals surface area contributed by atoms with Gasteiger partial charge < -0.3 is 61.1 Å². The summed E-state index contributed by atoms with van der Waals surface area (Å²) in [5, 5.41) is 24.9. The number of hydrogen-bond donors (Lipinski definition) is 6. The molecule has 3 heterocycles. The number of ketones is 4. The van der Waals surface area contributed by atoms with E-state index in [-0.39, 0.29) is 88.5 Å². The van der Waals surface area contributed by atoms with Crippen LogP contribution in [0.3, 0.4) is 0 Å². The van der Waals surface area contributed by atoms with Crippen LogP contribution in [-0.2, 0) is 84.8 Å². The van der Waals surface area contributed by atoms with Gasteiger partial charge in [-0.25, -0.2) is 0 Å². The Morgan fingerprint density at radius 1 is 0.509 bits per heavy atom. The van der Waals surface area contributed by atoms with Crippen molar-refractivity contribution in [1.29, 1.82) is 0 Å². The van der Waals surface area contributed by atoms with Crippen LogP contribution in [0.25, 0.3) is 0 Å². The maximum absolute atomic E-state index is 15.4. The normalized spacial score (nSPS) is 27.0. The minimum atomic E-state index is -1.74. The molecule has 6 N–H and O–H groups in total. The highest BCUT2D eigenvalue weighted by molar-refractivity contribution is 6.39. The summed E-state index contributed by atoms with van der Waals surface area (Å²) in [6.45, 7) is 22.8. The Bertz CT molecular complexity index is 3470. The van der Waals surface area contributed by atoms with Gasteiger partial charge in [-0.1, -0.05) is 143 Å². The monoisotopic (exact) mass is 1510 g/mol. The summed E-state index contributed by atoms with van der Waals surface area (Å²) in [5.41, 5.74) is 1.22. The summed E-state index contributed by atoms with van der Waals surface area (Å²) in [6, 6.07) is 4.10. The maximum Gasteiger partial charge on any atom is 0.292 e. The van der Waals surface area contributed by atoms with Crippen molar-refractivity contribution in [1.82, 2.24) is 56.0 Å². The molecule has 3 saturated heterocycles. The van der Waals surface area contributed by atoms with Crippen molar-refractivity contribution in [3.63, 3.8) is 0 Å². The lowest BCUT2D eigenvalue weighted by molar-refractivity contribution is -0.150. The first-order valence-corrected chi connectivity index (χ1v) is 38.8. The molecule has 2 aromatic rings. The van der Waals surface area contributed by atoms with Gasteiger partial charge in [0.05, 0.1) is 30.7 Å². The molecular weight excluding hydrogens is 1380 g/mol. The highest BCUT2D eigenvalue weighted by Crippen LogP contribution is 2.28. The van der Waals surface area contributed by atoms with Crippen molar-refractivity contribution in [2.75, 3.05) is 47.8 Å². The van der Waals surface area contributed by atoms with Crippen LogP contribution in [0.4, 0.5) is 0 Å². The number of fused-ring (bicyclic) bond motifs is 1. The Balaban J connectivity index is 1.61. The summed E-state index contributed by atoms with van der Waals surface area (Å²) < 4.78 is 0. The summed E-state index contributed by atoms with van der Waals surface area (Å²) in [7, 11) is 5.64. The number of benzene rings is 2. The quantitative estimate of drug-likeness (QED) is 0.129. The van der Waals surface area contributed by atoms with E-state index in [2.05, 4.69) is 26.6 Å². The molecule has 2 aromatic carbocycles. The van der Waals surface area contributed by atoms with E-state index in [0.29, 0.717) is 43.5 Å². The Hall–Kier alpha value is -8.75. The number of amides is 11. The van der Waals surface area contributed by atoms with Crippen LogP contribution in [0, 0.1) is 41.4 Å². The van der Waals surface area contributed by atoms with Gasteiger partial charge in [0.25, 0.3) is 5.91 Å². The first-order valence-electron chi connectivity index (χ1n) is 38.8. The lowest BCUT2D eigenvalue weighted by atomic mass is 9.83. The molecule has 14 atom stereocenters. The number of rotatable bonds is 15. The van der Waals surface area contributed by atoms with Crippen molar-refractivity contribution in [2.45, 2.75) is 259 Å². The number of likely N-dealkylation sites (N-methyl/N-ethyl adjacent to an activating group) is 4. The summed E-state index contributed by atoms with van der Waals surface area (Å²) in [6.07, 6.45) is -1.04. The molecule has 108 heavy (non-hydrogen) atoms. The highest BCUT2D eigenvalue weighted by Gasteiger charge is 2.46. The minimum absolute atomic E-state index is 0.0116. The molecule has 0 aromatic heterocycles. The van der Waals surface area contributed by atoms with Gasteiger partial charge in [0.15, 0.2) is 17.3 Å². The van der Waals surface area contributed by atoms with E-state index < -0.39 is 191 Å². The predicted molar refractivity (Wildman–Crippen MR) is 407 cm³/mol. The lowest BCUT2D eigenvalue weighted by Gasteiger charge is -2.37. The Labute approximate surface area is 638 Å². The number of piperidine rings is 1. The lowest BCUT2D eigenvalue weighted by Crippen LogP contribution is -2.61. The predicted octanol–water partition coefficient (Wildman–Crippen LogP) is 4.94. The van der Waals surface area contributed by atoms with E-state index in [1.807, 2.05) is 34.6 Å². The second-order valence-corrected chi connectivity index (χ2v) is 31.9.